The van der Waals surface area contributed by atoms with Crippen molar-refractivity contribution in [2.45, 2.75) is 117 Å². The van der Waals surface area contributed by atoms with Crippen LogP contribution in [0.5, 0.6) is 0 Å². The lowest BCUT2D eigenvalue weighted by Crippen LogP contribution is -2.71. The Morgan fingerprint density at radius 2 is 1.64 bits per heavy atom. The molecule has 0 aromatic carbocycles. The first-order chi connectivity index (χ1) is 15.3. The van der Waals surface area contributed by atoms with E-state index in [0.717, 1.165) is 12.8 Å². The molecule has 4 rings (SSSR count). The lowest BCUT2D eigenvalue weighted by molar-refractivity contribution is -0.282. The molecular weight excluding hydrogens is 412 g/mol. The van der Waals surface area contributed by atoms with E-state index in [1.165, 1.54) is 12.0 Å². The van der Waals surface area contributed by atoms with E-state index < -0.39 is 29.3 Å². The van der Waals surface area contributed by atoms with Crippen molar-refractivity contribution in [3.8, 4) is 0 Å². The van der Waals surface area contributed by atoms with Crippen LogP contribution in [-0.2, 0) is 0 Å². The first-order valence-electron chi connectivity index (χ1n) is 13.7. The molecule has 12 atom stereocenters. The van der Waals surface area contributed by atoms with Crippen LogP contribution in [-0.4, -0.2) is 44.3 Å². The Morgan fingerprint density at radius 3 is 2.27 bits per heavy atom. The van der Waals surface area contributed by atoms with E-state index in [1.54, 1.807) is 0 Å². The summed E-state index contributed by atoms with van der Waals surface area (Å²) in [6.07, 6.45) is 5.80. The number of rotatable bonds is 4. The molecule has 0 bridgehead atoms. The van der Waals surface area contributed by atoms with Crippen LogP contribution in [0.1, 0.15) is 93.4 Å². The molecule has 4 aliphatic carbocycles. The molecule has 0 aliphatic heterocycles. The summed E-state index contributed by atoms with van der Waals surface area (Å²) in [5, 5.41) is 44.8. The summed E-state index contributed by atoms with van der Waals surface area (Å²) < 4.78 is 0. The average Bonchev–Trinajstić information content (AvgIpc) is 3.06. The van der Waals surface area contributed by atoms with Gasteiger partial charge >= 0.3 is 0 Å². The number of fused-ring (bicyclic) bond motifs is 5. The highest BCUT2D eigenvalue weighted by molar-refractivity contribution is 5.20. The Kier molecular flexibility index (Phi) is 6.69. The van der Waals surface area contributed by atoms with Gasteiger partial charge in [0, 0.05) is 11.8 Å². The average molecular weight is 463 g/mol. The number of allylic oxidation sites excluding steroid dienone is 2. The van der Waals surface area contributed by atoms with Gasteiger partial charge in [-0.1, -0.05) is 53.2 Å². The Hall–Kier alpha value is -0.420. The number of hydrogen-bond acceptors (Lipinski definition) is 4. The summed E-state index contributed by atoms with van der Waals surface area (Å²) in [5.41, 5.74) is -0.330. The molecule has 5 unspecified atom stereocenters. The summed E-state index contributed by atoms with van der Waals surface area (Å²) in [6, 6.07) is 0. The second-order valence-corrected chi connectivity index (χ2v) is 13.5. The second kappa shape index (κ2) is 8.61. The van der Waals surface area contributed by atoms with E-state index in [0.29, 0.717) is 48.9 Å². The summed E-state index contributed by atoms with van der Waals surface area (Å²) in [7, 11) is 0. The molecule has 4 saturated carbocycles. The Bertz CT molecular complexity index is 763. The quantitative estimate of drug-likeness (QED) is 0.446. The monoisotopic (exact) mass is 462 g/mol. The van der Waals surface area contributed by atoms with Gasteiger partial charge in [0.1, 0.15) is 0 Å². The van der Waals surface area contributed by atoms with Gasteiger partial charge in [0.05, 0.1) is 23.9 Å². The van der Waals surface area contributed by atoms with E-state index in [-0.39, 0.29) is 23.7 Å². The maximum atomic E-state index is 11.7. The van der Waals surface area contributed by atoms with Crippen molar-refractivity contribution in [3.63, 3.8) is 0 Å². The third kappa shape index (κ3) is 3.77. The standard InChI is InChI=1S/C29H50O4/c1-16(2)19(5)17(3)12-18(4)22-8-9-23-21-13-25(32)29(33)14-20(30)10-11-28(29,7)26(21)24(31)15-27(22,23)6/h12,16,18-26,30-33H,8-11,13-15H2,1-7H3/t18-,19?,20?,21+,22-,23+,24?,25?,26-,27-,28-,29?/m1/s1. The molecule has 190 valence electrons. The molecule has 4 nitrogen and oxygen atoms in total. The van der Waals surface area contributed by atoms with Gasteiger partial charge in [-0.05, 0) is 92.3 Å². The number of hydrogen-bond donors (Lipinski definition) is 4. The minimum Gasteiger partial charge on any atom is -0.393 e. The molecule has 0 saturated heterocycles. The molecular formula is C29H50O4. The van der Waals surface area contributed by atoms with Gasteiger partial charge in [-0.15, -0.1) is 0 Å². The lowest BCUT2D eigenvalue weighted by Gasteiger charge is -2.66. The molecule has 4 fully saturated rings. The smallest absolute Gasteiger partial charge is 0.0986 e. The molecule has 0 radical (unpaired) electrons. The van der Waals surface area contributed by atoms with Crippen molar-refractivity contribution < 1.29 is 20.4 Å². The predicted molar refractivity (Wildman–Crippen MR) is 132 cm³/mol. The van der Waals surface area contributed by atoms with Gasteiger partial charge in [0.25, 0.3) is 0 Å². The Balaban J connectivity index is 1.63. The summed E-state index contributed by atoms with van der Waals surface area (Å²) in [6.45, 7) is 16.0. The zero-order chi connectivity index (χ0) is 24.5. The summed E-state index contributed by atoms with van der Waals surface area (Å²) in [5.74, 6) is 2.90. The van der Waals surface area contributed by atoms with Crippen molar-refractivity contribution in [2.75, 3.05) is 0 Å². The third-order valence-corrected chi connectivity index (χ3v) is 11.7. The van der Waals surface area contributed by atoms with Gasteiger partial charge < -0.3 is 20.4 Å². The molecule has 4 aliphatic rings. The lowest BCUT2D eigenvalue weighted by atomic mass is 9.41. The maximum Gasteiger partial charge on any atom is 0.0986 e. The molecule has 4 heteroatoms. The van der Waals surface area contributed by atoms with Crippen LogP contribution in [0, 0.1) is 52.3 Å². The van der Waals surface area contributed by atoms with Crippen molar-refractivity contribution in [3.05, 3.63) is 11.6 Å². The van der Waals surface area contributed by atoms with E-state index >= 15 is 0 Å². The summed E-state index contributed by atoms with van der Waals surface area (Å²) >= 11 is 0. The molecule has 0 amide bonds. The maximum absolute atomic E-state index is 11.7. The highest BCUT2D eigenvalue weighted by atomic mass is 16.3. The normalized spacial score (nSPS) is 52.1. The first-order valence-corrected chi connectivity index (χ1v) is 13.7. The zero-order valence-corrected chi connectivity index (χ0v) is 22.1. The minimum atomic E-state index is -1.31. The fraction of sp³-hybridized carbons (Fsp3) is 0.931. The van der Waals surface area contributed by atoms with Crippen LogP contribution < -0.4 is 0 Å². The van der Waals surface area contributed by atoms with Gasteiger partial charge in [0.2, 0.25) is 0 Å². The van der Waals surface area contributed by atoms with Crippen LogP contribution in [0.25, 0.3) is 0 Å². The topological polar surface area (TPSA) is 80.9 Å². The van der Waals surface area contributed by atoms with Crippen molar-refractivity contribution in [1.82, 2.24) is 0 Å². The van der Waals surface area contributed by atoms with Crippen molar-refractivity contribution in [2.24, 2.45) is 52.3 Å². The van der Waals surface area contributed by atoms with E-state index in [1.807, 2.05) is 0 Å². The highest BCUT2D eigenvalue weighted by Crippen LogP contribution is 2.69. The van der Waals surface area contributed by atoms with Gasteiger partial charge in [-0.25, -0.2) is 0 Å². The highest BCUT2D eigenvalue weighted by Gasteiger charge is 2.69. The molecule has 0 heterocycles. The Morgan fingerprint density at radius 1 is 0.970 bits per heavy atom. The number of aliphatic hydroxyl groups is 4. The first kappa shape index (κ1) is 25.7. The summed E-state index contributed by atoms with van der Waals surface area (Å²) in [4.78, 5) is 0. The fourth-order valence-corrected chi connectivity index (χ4v) is 9.49. The van der Waals surface area contributed by atoms with E-state index in [9.17, 15) is 20.4 Å². The molecule has 0 aromatic rings. The fourth-order valence-electron chi connectivity index (χ4n) is 9.49. The third-order valence-electron chi connectivity index (χ3n) is 11.7. The Labute approximate surface area is 201 Å². The van der Waals surface area contributed by atoms with Crippen molar-refractivity contribution in [1.29, 1.82) is 0 Å². The van der Waals surface area contributed by atoms with E-state index in [4.69, 9.17) is 0 Å². The van der Waals surface area contributed by atoms with Crippen molar-refractivity contribution >= 4 is 0 Å². The molecule has 0 aromatic heterocycles. The largest absolute Gasteiger partial charge is 0.393 e. The van der Waals surface area contributed by atoms with Crippen LogP contribution in [0.3, 0.4) is 0 Å². The second-order valence-electron chi connectivity index (χ2n) is 13.5. The molecule has 0 spiro atoms. The number of aliphatic hydroxyl groups excluding tert-OH is 3. The van der Waals surface area contributed by atoms with Crippen LogP contribution >= 0.6 is 0 Å². The molecule has 33 heavy (non-hydrogen) atoms. The zero-order valence-electron chi connectivity index (χ0n) is 22.1. The van der Waals surface area contributed by atoms with Crippen LogP contribution in [0.4, 0.5) is 0 Å². The van der Waals surface area contributed by atoms with Crippen LogP contribution in [0.15, 0.2) is 11.6 Å². The van der Waals surface area contributed by atoms with Gasteiger partial charge in [0.15, 0.2) is 0 Å². The molecule has 4 N–H and O–H groups in total. The van der Waals surface area contributed by atoms with Gasteiger partial charge in [-0.2, -0.15) is 0 Å². The van der Waals surface area contributed by atoms with Gasteiger partial charge in [-0.3, -0.25) is 0 Å². The van der Waals surface area contributed by atoms with Crippen LogP contribution in [0.2, 0.25) is 0 Å². The van der Waals surface area contributed by atoms with E-state index in [2.05, 4.69) is 54.5 Å². The minimum absolute atomic E-state index is 0.0104. The SMILES string of the molecule is CC(=C[C@@H](C)[C@H]1CC[C@H]2[C@@H]3CC(O)C4(O)CC(O)CC[C@]4(C)[C@H]3C(O)C[C@]12C)C(C)C(C)C. The predicted octanol–water partition coefficient (Wildman–Crippen LogP) is 4.94.